The van der Waals surface area contributed by atoms with Crippen molar-refractivity contribution in [1.29, 1.82) is 0 Å². The molecule has 1 atom stereocenters. The Morgan fingerprint density at radius 2 is 2.04 bits per heavy atom. The lowest BCUT2D eigenvalue weighted by Crippen LogP contribution is -2.23. The van der Waals surface area contributed by atoms with Crippen molar-refractivity contribution in [2.75, 3.05) is 19.6 Å². The first-order chi connectivity index (χ1) is 11.4. The summed E-state index contributed by atoms with van der Waals surface area (Å²) in [6.45, 7) is 3.64. The molecule has 2 aromatic rings. The molecule has 0 bridgehead atoms. The molecule has 23 heavy (non-hydrogen) atoms. The molecule has 0 saturated carbocycles. The lowest BCUT2D eigenvalue weighted by molar-refractivity contribution is 0.174. The number of nitrogens with zero attached hydrogens (tertiary/aromatic N) is 1. The van der Waals surface area contributed by atoms with Crippen LogP contribution in [0.5, 0.6) is 5.75 Å². The van der Waals surface area contributed by atoms with Gasteiger partial charge in [0.15, 0.2) is 0 Å². The molecule has 2 aliphatic rings. The van der Waals surface area contributed by atoms with Gasteiger partial charge in [0.25, 0.3) is 0 Å². The van der Waals surface area contributed by atoms with Crippen LogP contribution < -0.4 is 4.74 Å². The Kier molecular flexibility index (Phi) is 4.49. The molecule has 1 aliphatic heterocycles. The smallest absolute Gasteiger partial charge is 0.134 e. The molecule has 2 nitrogen and oxygen atoms in total. The number of hydrogen-bond donors (Lipinski definition) is 0. The summed E-state index contributed by atoms with van der Waals surface area (Å²) < 4.78 is 6.51. The zero-order chi connectivity index (χ0) is 15.5. The largest absolute Gasteiger partial charge is 0.485 e. The highest BCUT2D eigenvalue weighted by Crippen LogP contribution is 2.34. The molecular formula is C20H23NOS. The van der Waals surface area contributed by atoms with Crippen molar-refractivity contribution in [3.63, 3.8) is 0 Å². The second kappa shape index (κ2) is 6.90. The summed E-state index contributed by atoms with van der Waals surface area (Å²) in [5.74, 6) is 1.06. The van der Waals surface area contributed by atoms with E-state index in [1.165, 1.54) is 41.9 Å². The highest BCUT2D eigenvalue weighted by Gasteiger charge is 2.20. The SMILES string of the molecule is C1=Cc2cccc(O[C@@H](CCN3CCCC3)c3cccs3)c2C1. The maximum absolute atomic E-state index is 6.51. The molecule has 1 aromatic heterocycles. The topological polar surface area (TPSA) is 12.5 Å². The predicted octanol–water partition coefficient (Wildman–Crippen LogP) is 4.92. The van der Waals surface area contributed by atoms with Gasteiger partial charge in [-0.1, -0.05) is 30.4 Å². The van der Waals surface area contributed by atoms with E-state index in [2.05, 4.69) is 52.8 Å². The van der Waals surface area contributed by atoms with Gasteiger partial charge in [-0.15, -0.1) is 11.3 Å². The number of allylic oxidation sites excluding steroid dienone is 1. The van der Waals surface area contributed by atoms with Crippen LogP contribution in [0.2, 0.25) is 0 Å². The van der Waals surface area contributed by atoms with Crippen molar-refractivity contribution in [3.05, 3.63) is 57.8 Å². The van der Waals surface area contributed by atoms with Crippen molar-refractivity contribution in [2.24, 2.45) is 0 Å². The molecule has 1 aromatic carbocycles. The van der Waals surface area contributed by atoms with E-state index in [4.69, 9.17) is 4.74 Å². The fourth-order valence-corrected chi connectivity index (χ4v) is 4.35. The molecular weight excluding hydrogens is 302 g/mol. The number of rotatable bonds is 6. The monoisotopic (exact) mass is 325 g/mol. The third-order valence-electron chi connectivity index (χ3n) is 4.82. The predicted molar refractivity (Wildman–Crippen MR) is 97.2 cm³/mol. The molecule has 0 amide bonds. The van der Waals surface area contributed by atoms with E-state index in [0.29, 0.717) is 0 Å². The molecule has 0 spiro atoms. The molecule has 1 aliphatic carbocycles. The standard InChI is InChI=1S/C20H23NOS/c1-2-13-21(12-1)14-11-19(20-10-5-15-23-20)22-18-9-4-7-16-6-3-8-17(16)18/h3-7,9-10,15,19H,1-2,8,11-14H2/t19-/m0/s1. The number of benzene rings is 1. The fourth-order valence-electron chi connectivity index (χ4n) is 3.56. The van der Waals surface area contributed by atoms with Gasteiger partial charge in [-0.2, -0.15) is 0 Å². The average Bonchev–Trinajstić information content (AvgIpc) is 3.33. The van der Waals surface area contributed by atoms with Gasteiger partial charge in [0.05, 0.1) is 0 Å². The summed E-state index contributed by atoms with van der Waals surface area (Å²) in [5, 5.41) is 2.15. The van der Waals surface area contributed by atoms with E-state index in [0.717, 1.165) is 25.1 Å². The van der Waals surface area contributed by atoms with Crippen LogP contribution in [-0.2, 0) is 6.42 Å². The average molecular weight is 325 g/mol. The van der Waals surface area contributed by atoms with Gasteiger partial charge in [0.1, 0.15) is 11.9 Å². The Morgan fingerprint density at radius 1 is 1.13 bits per heavy atom. The van der Waals surface area contributed by atoms with E-state index < -0.39 is 0 Å². The van der Waals surface area contributed by atoms with E-state index in [9.17, 15) is 0 Å². The maximum Gasteiger partial charge on any atom is 0.134 e. The molecule has 3 heteroatoms. The number of hydrogen-bond acceptors (Lipinski definition) is 3. The molecule has 120 valence electrons. The highest BCUT2D eigenvalue weighted by atomic mass is 32.1. The van der Waals surface area contributed by atoms with E-state index in [1.807, 2.05) is 0 Å². The van der Waals surface area contributed by atoms with Crippen LogP contribution in [0.25, 0.3) is 6.08 Å². The molecule has 0 radical (unpaired) electrons. The minimum absolute atomic E-state index is 0.169. The van der Waals surface area contributed by atoms with Crippen LogP contribution in [0.1, 0.15) is 41.4 Å². The zero-order valence-corrected chi connectivity index (χ0v) is 14.2. The van der Waals surface area contributed by atoms with Crippen LogP contribution in [0.15, 0.2) is 41.8 Å². The Hall–Kier alpha value is -1.58. The van der Waals surface area contributed by atoms with Crippen molar-refractivity contribution in [3.8, 4) is 5.75 Å². The lowest BCUT2D eigenvalue weighted by atomic mass is 10.1. The van der Waals surface area contributed by atoms with Gasteiger partial charge in [-0.05, 0) is 55.4 Å². The summed E-state index contributed by atoms with van der Waals surface area (Å²) in [6, 6.07) is 10.7. The minimum atomic E-state index is 0.169. The third kappa shape index (κ3) is 3.36. The molecule has 0 unspecified atom stereocenters. The minimum Gasteiger partial charge on any atom is -0.485 e. The Labute approximate surface area is 142 Å². The van der Waals surface area contributed by atoms with Gasteiger partial charge in [0, 0.05) is 23.4 Å². The summed E-state index contributed by atoms with van der Waals surface area (Å²) in [7, 11) is 0. The first-order valence-corrected chi connectivity index (χ1v) is 9.49. The second-order valence-corrected chi connectivity index (χ2v) is 7.37. The van der Waals surface area contributed by atoms with Crippen molar-refractivity contribution in [2.45, 2.75) is 31.8 Å². The van der Waals surface area contributed by atoms with Gasteiger partial charge < -0.3 is 9.64 Å². The molecule has 0 N–H and O–H groups in total. The molecule has 2 heterocycles. The van der Waals surface area contributed by atoms with Gasteiger partial charge in [-0.25, -0.2) is 0 Å². The van der Waals surface area contributed by atoms with E-state index >= 15 is 0 Å². The normalized spacial score (nSPS) is 18.3. The molecule has 4 rings (SSSR count). The second-order valence-electron chi connectivity index (χ2n) is 6.39. The van der Waals surface area contributed by atoms with Crippen molar-refractivity contribution in [1.82, 2.24) is 4.90 Å². The molecule has 1 fully saturated rings. The number of ether oxygens (including phenoxy) is 1. The van der Waals surface area contributed by atoms with Crippen molar-refractivity contribution < 1.29 is 4.74 Å². The van der Waals surface area contributed by atoms with Gasteiger partial charge >= 0.3 is 0 Å². The zero-order valence-electron chi connectivity index (χ0n) is 13.4. The van der Waals surface area contributed by atoms with Crippen LogP contribution in [0.3, 0.4) is 0 Å². The summed E-state index contributed by atoms with van der Waals surface area (Å²) in [6.07, 6.45) is 9.36. The Morgan fingerprint density at radius 3 is 2.87 bits per heavy atom. The summed E-state index contributed by atoms with van der Waals surface area (Å²) in [4.78, 5) is 3.91. The molecule has 1 saturated heterocycles. The van der Waals surface area contributed by atoms with Crippen LogP contribution >= 0.6 is 11.3 Å². The number of likely N-dealkylation sites (tertiary alicyclic amines) is 1. The van der Waals surface area contributed by atoms with Crippen LogP contribution in [0.4, 0.5) is 0 Å². The maximum atomic E-state index is 6.51. The van der Waals surface area contributed by atoms with Crippen LogP contribution in [-0.4, -0.2) is 24.5 Å². The van der Waals surface area contributed by atoms with E-state index in [1.54, 1.807) is 11.3 Å². The first kappa shape index (κ1) is 15.0. The summed E-state index contributed by atoms with van der Waals surface area (Å²) >= 11 is 1.81. The van der Waals surface area contributed by atoms with E-state index in [-0.39, 0.29) is 6.10 Å². The first-order valence-electron chi connectivity index (χ1n) is 8.61. The quantitative estimate of drug-likeness (QED) is 0.747. The Bertz CT molecular complexity index is 671. The summed E-state index contributed by atoms with van der Waals surface area (Å²) in [5.41, 5.74) is 2.65. The lowest BCUT2D eigenvalue weighted by Gasteiger charge is -2.23. The number of thiophene rings is 1. The number of fused-ring (bicyclic) bond motifs is 1. The van der Waals surface area contributed by atoms with Crippen molar-refractivity contribution >= 4 is 17.4 Å². The van der Waals surface area contributed by atoms with Gasteiger partial charge in [0.2, 0.25) is 0 Å². The van der Waals surface area contributed by atoms with Crippen LogP contribution in [0, 0.1) is 0 Å². The highest BCUT2D eigenvalue weighted by molar-refractivity contribution is 7.10. The third-order valence-corrected chi connectivity index (χ3v) is 5.79. The van der Waals surface area contributed by atoms with Gasteiger partial charge in [-0.3, -0.25) is 0 Å². The fraction of sp³-hybridized carbons (Fsp3) is 0.400. The Balaban J connectivity index is 1.50.